The van der Waals surface area contributed by atoms with Crippen molar-refractivity contribution in [2.45, 2.75) is 19.4 Å². The Bertz CT molecular complexity index is 572. The predicted molar refractivity (Wildman–Crippen MR) is 88.6 cm³/mol. The van der Waals surface area contributed by atoms with Crippen molar-refractivity contribution in [1.29, 1.82) is 0 Å². The number of carbonyl (C=O) groups excluding carboxylic acids is 1. The Balaban J connectivity index is 2.16. The van der Waals surface area contributed by atoms with E-state index in [1.165, 1.54) is 0 Å². The van der Waals surface area contributed by atoms with Gasteiger partial charge in [-0.3, -0.25) is 4.79 Å². The lowest BCUT2D eigenvalue weighted by Gasteiger charge is -2.24. The first-order valence-electron chi connectivity index (χ1n) is 7.49. The average Bonchev–Trinajstić information content (AvgIpc) is 3.06. The quantitative estimate of drug-likeness (QED) is 0.820. The van der Waals surface area contributed by atoms with Crippen LogP contribution in [0.2, 0.25) is 0 Å². The van der Waals surface area contributed by atoms with Crippen LogP contribution in [-0.2, 0) is 4.79 Å². The summed E-state index contributed by atoms with van der Waals surface area (Å²) in [6, 6.07) is 5.09. The van der Waals surface area contributed by atoms with Crippen LogP contribution in [0.3, 0.4) is 0 Å². The molecule has 1 amide bonds. The van der Waals surface area contributed by atoms with Crippen molar-refractivity contribution in [3.8, 4) is 11.5 Å². The average molecular weight is 339 g/mol. The normalized spacial score (nSPS) is 16.9. The Morgan fingerprint density at radius 2 is 2.13 bits per heavy atom. The van der Waals surface area contributed by atoms with E-state index in [9.17, 15) is 9.59 Å². The number of carboxylic acid groups (broad SMARTS) is 1. The van der Waals surface area contributed by atoms with Crippen molar-refractivity contribution in [2.24, 2.45) is 0 Å². The van der Waals surface area contributed by atoms with Gasteiger partial charge in [0.2, 0.25) is 0 Å². The third-order valence-corrected chi connectivity index (χ3v) is 4.76. The molecule has 0 aromatic heterocycles. The number of thioether (sulfide) groups is 1. The lowest BCUT2D eigenvalue weighted by Crippen LogP contribution is -2.36. The minimum absolute atomic E-state index is 0.0664. The molecule has 6 nitrogen and oxygen atoms in total. The molecule has 0 spiro atoms. The number of hydrogen-bond acceptors (Lipinski definition) is 5. The molecule has 1 heterocycles. The van der Waals surface area contributed by atoms with Crippen LogP contribution in [-0.4, -0.2) is 59.7 Å². The molecule has 1 atom stereocenters. The predicted octanol–water partition coefficient (Wildman–Crippen LogP) is 2.13. The van der Waals surface area contributed by atoms with E-state index in [0.717, 1.165) is 17.9 Å². The molecule has 1 aromatic rings. The van der Waals surface area contributed by atoms with Crippen LogP contribution in [0, 0.1) is 0 Å². The number of aliphatic carboxylic acids is 1. The van der Waals surface area contributed by atoms with Crippen LogP contribution in [0.1, 0.15) is 23.7 Å². The van der Waals surface area contributed by atoms with Gasteiger partial charge in [0.1, 0.15) is 0 Å². The SMILES string of the molecule is CCOc1cc(C(=O)N(C)C2CCSC2)ccc1OCC(=O)O. The number of carbonyl (C=O) groups is 2. The van der Waals surface area contributed by atoms with E-state index in [4.69, 9.17) is 14.6 Å². The van der Waals surface area contributed by atoms with Gasteiger partial charge < -0.3 is 19.5 Å². The maximum atomic E-state index is 12.6. The monoisotopic (exact) mass is 339 g/mol. The summed E-state index contributed by atoms with van der Waals surface area (Å²) in [6.45, 7) is 1.76. The fourth-order valence-electron chi connectivity index (χ4n) is 2.37. The lowest BCUT2D eigenvalue weighted by atomic mass is 10.1. The number of carboxylic acids is 1. The van der Waals surface area contributed by atoms with Gasteiger partial charge in [-0.2, -0.15) is 11.8 Å². The molecule has 0 aliphatic carbocycles. The Kier molecular flexibility index (Phi) is 6.15. The number of ether oxygens (including phenoxy) is 2. The Morgan fingerprint density at radius 1 is 1.35 bits per heavy atom. The Morgan fingerprint density at radius 3 is 2.74 bits per heavy atom. The van der Waals surface area contributed by atoms with E-state index in [1.54, 1.807) is 23.1 Å². The van der Waals surface area contributed by atoms with E-state index >= 15 is 0 Å². The largest absolute Gasteiger partial charge is 0.490 e. The van der Waals surface area contributed by atoms with Crippen molar-refractivity contribution in [1.82, 2.24) is 4.90 Å². The third kappa shape index (κ3) is 4.54. The Hall–Kier alpha value is -1.89. The fraction of sp³-hybridized carbons (Fsp3) is 0.500. The molecule has 1 unspecified atom stereocenters. The summed E-state index contributed by atoms with van der Waals surface area (Å²) in [5.74, 6) is 1.61. The van der Waals surface area contributed by atoms with E-state index in [-0.39, 0.29) is 11.9 Å². The van der Waals surface area contributed by atoms with Crippen molar-refractivity contribution >= 4 is 23.6 Å². The van der Waals surface area contributed by atoms with Crippen molar-refractivity contribution in [3.63, 3.8) is 0 Å². The molecular formula is C16H21NO5S. The molecule has 7 heteroatoms. The molecular weight excluding hydrogens is 318 g/mol. The van der Waals surface area contributed by atoms with Crippen molar-refractivity contribution in [2.75, 3.05) is 31.8 Å². The van der Waals surface area contributed by atoms with Gasteiger partial charge in [0.15, 0.2) is 18.1 Å². The molecule has 0 saturated carbocycles. The highest BCUT2D eigenvalue weighted by Crippen LogP contribution is 2.30. The molecule has 1 aliphatic rings. The number of hydrogen-bond donors (Lipinski definition) is 1. The number of nitrogens with zero attached hydrogens (tertiary/aromatic N) is 1. The van der Waals surface area contributed by atoms with E-state index in [1.807, 2.05) is 25.7 Å². The summed E-state index contributed by atoms with van der Waals surface area (Å²) >= 11 is 1.85. The first-order chi connectivity index (χ1) is 11.0. The highest BCUT2D eigenvalue weighted by molar-refractivity contribution is 7.99. The molecule has 0 bridgehead atoms. The van der Waals surface area contributed by atoms with Crippen LogP contribution < -0.4 is 9.47 Å². The summed E-state index contributed by atoms with van der Waals surface area (Å²) in [5.41, 5.74) is 0.510. The van der Waals surface area contributed by atoms with Gasteiger partial charge >= 0.3 is 5.97 Å². The highest BCUT2D eigenvalue weighted by atomic mass is 32.2. The van der Waals surface area contributed by atoms with Crippen LogP contribution in [0.4, 0.5) is 0 Å². The topological polar surface area (TPSA) is 76.1 Å². The smallest absolute Gasteiger partial charge is 0.341 e. The summed E-state index contributed by atoms with van der Waals surface area (Å²) in [6.07, 6.45) is 1.00. The molecule has 1 aliphatic heterocycles. The molecule has 1 aromatic carbocycles. The van der Waals surface area contributed by atoms with Crippen LogP contribution in [0.15, 0.2) is 18.2 Å². The summed E-state index contributed by atoms with van der Waals surface area (Å²) in [4.78, 5) is 25.0. The number of rotatable bonds is 7. The molecule has 2 rings (SSSR count). The zero-order chi connectivity index (χ0) is 16.8. The zero-order valence-corrected chi connectivity index (χ0v) is 14.1. The standard InChI is InChI=1S/C16H21NO5S/c1-3-21-14-8-11(4-5-13(14)22-9-15(18)19)16(20)17(2)12-6-7-23-10-12/h4-5,8,12H,3,6-7,9-10H2,1-2H3,(H,18,19). The minimum atomic E-state index is -1.06. The van der Waals surface area contributed by atoms with E-state index in [2.05, 4.69) is 0 Å². The second-order valence-corrected chi connectivity index (χ2v) is 6.36. The van der Waals surface area contributed by atoms with Crippen molar-refractivity contribution in [3.05, 3.63) is 23.8 Å². The fourth-order valence-corrected chi connectivity index (χ4v) is 3.63. The molecule has 23 heavy (non-hydrogen) atoms. The van der Waals surface area contributed by atoms with Gasteiger partial charge in [0, 0.05) is 24.4 Å². The molecule has 1 N–H and O–H groups in total. The van der Waals surface area contributed by atoms with Gasteiger partial charge in [-0.25, -0.2) is 4.79 Å². The first-order valence-corrected chi connectivity index (χ1v) is 8.64. The Labute approximate surface area is 139 Å². The number of benzene rings is 1. The molecule has 1 saturated heterocycles. The third-order valence-electron chi connectivity index (χ3n) is 3.62. The zero-order valence-electron chi connectivity index (χ0n) is 13.3. The van der Waals surface area contributed by atoms with Crippen LogP contribution >= 0.6 is 11.8 Å². The van der Waals surface area contributed by atoms with E-state index < -0.39 is 12.6 Å². The maximum absolute atomic E-state index is 12.6. The van der Waals surface area contributed by atoms with Gasteiger partial charge in [0.05, 0.1) is 6.61 Å². The maximum Gasteiger partial charge on any atom is 0.341 e. The second kappa shape index (κ2) is 8.10. The summed E-state index contributed by atoms with van der Waals surface area (Å²) in [7, 11) is 1.81. The molecule has 1 fully saturated rings. The second-order valence-electron chi connectivity index (χ2n) is 5.21. The van der Waals surface area contributed by atoms with Gasteiger partial charge in [-0.1, -0.05) is 0 Å². The van der Waals surface area contributed by atoms with Gasteiger partial charge in [-0.05, 0) is 37.3 Å². The first kappa shape index (κ1) is 17.5. The van der Waals surface area contributed by atoms with E-state index in [0.29, 0.717) is 23.7 Å². The van der Waals surface area contributed by atoms with Crippen LogP contribution in [0.25, 0.3) is 0 Å². The highest BCUT2D eigenvalue weighted by Gasteiger charge is 2.25. The summed E-state index contributed by atoms with van der Waals surface area (Å²) in [5, 5.41) is 8.70. The van der Waals surface area contributed by atoms with Crippen LogP contribution in [0.5, 0.6) is 11.5 Å². The van der Waals surface area contributed by atoms with Crippen molar-refractivity contribution < 1.29 is 24.2 Å². The lowest BCUT2D eigenvalue weighted by molar-refractivity contribution is -0.139. The summed E-state index contributed by atoms with van der Waals surface area (Å²) < 4.78 is 10.7. The van der Waals surface area contributed by atoms with Gasteiger partial charge in [-0.15, -0.1) is 0 Å². The molecule has 0 radical (unpaired) electrons. The van der Waals surface area contributed by atoms with Gasteiger partial charge in [0.25, 0.3) is 5.91 Å². The number of amides is 1. The minimum Gasteiger partial charge on any atom is -0.490 e. The molecule has 126 valence electrons.